The van der Waals surface area contributed by atoms with E-state index in [1.807, 2.05) is 49.4 Å². The molecule has 2 heteroatoms. The summed E-state index contributed by atoms with van der Waals surface area (Å²) in [6.07, 6.45) is 0. The SMILES string of the molecule is CC(c1ccccc1)(c1cccc(F)c1)c1cccc(F)c1. The Morgan fingerprint density at radius 2 is 1.05 bits per heavy atom. The van der Waals surface area contributed by atoms with Crippen LogP contribution >= 0.6 is 0 Å². The zero-order valence-corrected chi connectivity index (χ0v) is 12.3. The van der Waals surface area contributed by atoms with E-state index in [1.54, 1.807) is 12.1 Å². The largest absolute Gasteiger partial charge is 0.207 e. The minimum absolute atomic E-state index is 0.295. The van der Waals surface area contributed by atoms with Gasteiger partial charge >= 0.3 is 0 Å². The van der Waals surface area contributed by atoms with Gasteiger partial charge in [-0.25, -0.2) is 8.78 Å². The second-order valence-electron chi connectivity index (χ2n) is 5.51. The Morgan fingerprint density at radius 3 is 1.50 bits per heavy atom. The number of benzene rings is 3. The van der Waals surface area contributed by atoms with Crippen molar-refractivity contribution in [2.45, 2.75) is 12.3 Å². The molecule has 3 aromatic carbocycles. The van der Waals surface area contributed by atoms with Gasteiger partial charge in [0.15, 0.2) is 0 Å². The van der Waals surface area contributed by atoms with Crippen molar-refractivity contribution >= 4 is 0 Å². The molecule has 0 saturated heterocycles. The fraction of sp³-hybridized carbons (Fsp3) is 0.100. The van der Waals surface area contributed by atoms with E-state index in [2.05, 4.69) is 0 Å². The molecule has 0 atom stereocenters. The number of rotatable bonds is 3. The highest BCUT2D eigenvalue weighted by Gasteiger charge is 2.31. The lowest BCUT2D eigenvalue weighted by atomic mass is 9.71. The van der Waals surface area contributed by atoms with E-state index in [9.17, 15) is 8.78 Å². The lowest BCUT2D eigenvalue weighted by molar-refractivity contribution is 0.604. The first kappa shape index (κ1) is 14.5. The lowest BCUT2D eigenvalue weighted by Gasteiger charge is -2.32. The molecule has 0 aliphatic heterocycles. The van der Waals surface area contributed by atoms with Gasteiger partial charge in [0.05, 0.1) is 0 Å². The molecule has 0 unspecified atom stereocenters. The summed E-state index contributed by atoms with van der Waals surface area (Å²) in [6, 6.07) is 22.8. The van der Waals surface area contributed by atoms with Crippen LogP contribution in [0.1, 0.15) is 23.6 Å². The predicted molar refractivity (Wildman–Crippen MR) is 84.8 cm³/mol. The molecule has 0 aliphatic rings. The molecule has 0 saturated carbocycles. The van der Waals surface area contributed by atoms with Gasteiger partial charge in [-0.2, -0.15) is 0 Å². The first-order valence-corrected chi connectivity index (χ1v) is 7.18. The van der Waals surface area contributed by atoms with Crippen LogP contribution in [0, 0.1) is 11.6 Å². The van der Waals surface area contributed by atoms with Crippen molar-refractivity contribution < 1.29 is 8.78 Å². The molecule has 0 radical (unpaired) electrons. The minimum atomic E-state index is -0.620. The van der Waals surface area contributed by atoms with Crippen LogP contribution in [-0.2, 0) is 5.41 Å². The van der Waals surface area contributed by atoms with Crippen molar-refractivity contribution in [1.29, 1.82) is 0 Å². The summed E-state index contributed by atoms with van der Waals surface area (Å²) in [6.45, 7) is 1.99. The van der Waals surface area contributed by atoms with Crippen LogP contribution in [0.2, 0.25) is 0 Å². The van der Waals surface area contributed by atoms with E-state index >= 15 is 0 Å². The van der Waals surface area contributed by atoms with Crippen molar-refractivity contribution in [1.82, 2.24) is 0 Å². The van der Waals surface area contributed by atoms with Crippen molar-refractivity contribution in [3.8, 4) is 0 Å². The third kappa shape index (κ3) is 2.52. The van der Waals surface area contributed by atoms with Crippen LogP contribution in [0.15, 0.2) is 78.9 Å². The normalized spacial score (nSPS) is 11.4. The predicted octanol–water partition coefficient (Wildman–Crippen LogP) is 5.32. The van der Waals surface area contributed by atoms with E-state index < -0.39 is 5.41 Å². The highest BCUT2D eigenvalue weighted by atomic mass is 19.1. The topological polar surface area (TPSA) is 0 Å². The Morgan fingerprint density at radius 1 is 0.591 bits per heavy atom. The molecule has 0 N–H and O–H groups in total. The molecule has 0 bridgehead atoms. The van der Waals surface area contributed by atoms with Crippen molar-refractivity contribution in [2.24, 2.45) is 0 Å². The van der Waals surface area contributed by atoms with E-state index in [0.717, 1.165) is 16.7 Å². The quantitative estimate of drug-likeness (QED) is 0.574. The Kier molecular flexibility index (Phi) is 3.76. The average Bonchev–Trinajstić information content (AvgIpc) is 2.55. The standard InChI is InChI=1S/C20H16F2/c1-20(15-7-3-2-4-8-15,16-9-5-11-18(21)13-16)17-10-6-12-19(22)14-17/h2-14H,1H3. The maximum absolute atomic E-state index is 13.7. The fourth-order valence-electron chi connectivity index (χ4n) is 2.87. The molecule has 0 heterocycles. The van der Waals surface area contributed by atoms with Crippen LogP contribution in [0.5, 0.6) is 0 Å². The molecule has 0 aliphatic carbocycles. The van der Waals surface area contributed by atoms with Crippen LogP contribution in [0.3, 0.4) is 0 Å². The highest BCUT2D eigenvalue weighted by Crippen LogP contribution is 2.39. The highest BCUT2D eigenvalue weighted by molar-refractivity contribution is 5.49. The summed E-state index contributed by atoms with van der Waals surface area (Å²) in [7, 11) is 0. The van der Waals surface area contributed by atoms with Gasteiger partial charge in [-0.3, -0.25) is 0 Å². The summed E-state index contributed by atoms with van der Waals surface area (Å²) in [5.74, 6) is -0.591. The maximum atomic E-state index is 13.7. The number of hydrogen-bond donors (Lipinski definition) is 0. The first-order valence-electron chi connectivity index (χ1n) is 7.18. The van der Waals surface area contributed by atoms with Gasteiger partial charge in [0.25, 0.3) is 0 Å². The van der Waals surface area contributed by atoms with Gasteiger partial charge in [0.1, 0.15) is 11.6 Å². The fourth-order valence-corrected chi connectivity index (χ4v) is 2.87. The Labute approximate surface area is 129 Å². The second kappa shape index (κ2) is 5.72. The summed E-state index contributed by atoms with van der Waals surface area (Å²) in [4.78, 5) is 0. The molecular formula is C20H16F2. The minimum Gasteiger partial charge on any atom is -0.207 e. The molecule has 0 amide bonds. The first-order chi connectivity index (χ1) is 10.6. The number of halogens is 2. The van der Waals surface area contributed by atoms with E-state index in [-0.39, 0.29) is 11.6 Å². The molecule has 3 aromatic rings. The van der Waals surface area contributed by atoms with Gasteiger partial charge in [-0.1, -0.05) is 54.6 Å². The second-order valence-corrected chi connectivity index (χ2v) is 5.51. The summed E-state index contributed by atoms with van der Waals surface area (Å²) >= 11 is 0. The van der Waals surface area contributed by atoms with E-state index in [4.69, 9.17) is 0 Å². The van der Waals surface area contributed by atoms with Gasteiger partial charge in [0, 0.05) is 5.41 Å². The van der Waals surface area contributed by atoms with E-state index in [0.29, 0.717) is 0 Å². The zero-order valence-electron chi connectivity index (χ0n) is 12.3. The Balaban J connectivity index is 2.27. The zero-order chi connectivity index (χ0) is 15.6. The van der Waals surface area contributed by atoms with Crippen molar-refractivity contribution in [2.75, 3.05) is 0 Å². The van der Waals surface area contributed by atoms with Crippen LogP contribution in [-0.4, -0.2) is 0 Å². The van der Waals surface area contributed by atoms with Crippen LogP contribution in [0.25, 0.3) is 0 Å². The number of hydrogen-bond acceptors (Lipinski definition) is 0. The van der Waals surface area contributed by atoms with Crippen molar-refractivity contribution in [3.05, 3.63) is 107 Å². The van der Waals surface area contributed by atoms with Gasteiger partial charge < -0.3 is 0 Å². The molecule has 22 heavy (non-hydrogen) atoms. The molecule has 0 aromatic heterocycles. The molecule has 0 nitrogen and oxygen atoms in total. The van der Waals surface area contributed by atoms with Gasteiger partial charge in [-0.05, 0) is 47.9 Å². The summed E-state index contributed by atoms with van der Waals surface area (Å²) in [5.41, 5.74) is 1.96. The summed E-state index contributed by atoms with van der Waals surface area (Å²) < 4.78 is 27.5. The molecular weight excluding hydrogens is 278 g/mol. The van der Waals surface area contributed by atoms with E-state index in [1.165, 1.54) is 24.3 Å². The van der Waals surface area contributed by atoms with Crippen LogP contribution in [0.4, 0.5) is 8.78 Å². The van der Waals surface area contributed by atoms with Crippen molar-refractivity contribution in [3.63, 3.8) is 0 Å². The smallest absolute Gasteiger partial charge is 0.123 e. The molecule has 0 spiro atoms. The Hall–Kier alpha value is -2.48. The monoisotopic (exact) mass is 294 g/mol. The Bertz CT molecular complexity index is 733. The maximum Gasteiger partial charge on any atom is 0.123 e. The lowest BCUT2D eigenvalue weighted by Crippen LogP contribution is -2.25. The molecule has 110 valence electrons. The van der Waals surface area contributed by atoms with Gasteiger partial charge in [-0.15, -0.1) is 0 Å². The van der Waals surface area contributed by atoms with Gasteiger partial charge in [0.2, 0.25) is 0 Å². The molecule has 3 rings (SSSR count). The summed E-state index contributed by atoms with van der Waals surface area (Å²) in [5, 5.41) is 0. The molecule has 0 fully saturated rings. The third-order valence-corrected chi connectivity index (χ3v) is 4.16. The third-order valence-electron chi connectivity index (χ3n) is 4.16. The average molecular weight is 294 g/mol. The van der Waals surface area contributed by atoms with Crippen LogP contribution < -0.4 is 0 Å².